The van der Waals surface area contributed by atoms with Crippen molar-refractivity contribution in [3.63, 3.8) is 0 Å². The maximum atomic E-state index is 13.1. The molecule has 0 fully saturated rings. The lowest BCUT2D eigenvalue weighted by atomic mass is 10.0. The average molecular weight is 406 g/mol. The highest BCUT2D eigenvalue weighted by molar-refractivity contribution is 9.10. The van der Waals surface area contributed by atoms with Crippen molar-refractivity contribution in [3.05, 3.63) is 106 Å². The molecule has 1 atom stereocenters. The fraction of sp³-hybridized carbons (Fsp3) is 0.0476. The Balaban J connectivity index is 1.71. The van der Waals surface area contributed by atoms with Crippen LogP contribution in [-0.4, -0.2) is 15.9 Å². The number of carbonyl (C=O) groups is 1. The van der Waals surface area contributed by atoms with Gasteiger partial charge in [0.05, 0.1) is 11.7 Å². The van der Waals surface area contributed by atoms with Crippen molar-refractivity contribution in [2.75, 3.05) is 0 Å². The van der Waals surface area contributed by atoms with E-state index in [9.17, 15) is 4.79 Å². The van der Waals surface area contributed by atoms with Crippen LogP contribution in [0, 0.1) is 0 Å². The zero-order valence-electron chi connectivity index (χ0n) is 13.8. The van der Waals surface area contributed by atoms with Gasteiger partial charge in [-0.2, -0.15) is 0 Å². The average Bonchev–Trinajstić information content (AvgIpc) is 3.15. The van der Waals surface area contributed by atoms with Crippen LogP contribution in [0.3, 0.4) is 0 Å². The number of carbonyl (C=O) groups excluding carboxylic acids is 1. The summed E-state index contributed by atoms with van der Waals surface area (Å²) in [4.78, 5) is 17.1. The van der Waals surface area contributed by atoms with Gasteiger partial charge in [0.25, 0.3) is 5.91 Å². The lowest BCUT2D eigenvalue weighted by Crippen LogP contribution is -2.39. The minimum absolute atomic E-state index is 0.0929. The Morgan fingerprint density at radius 1 is 0.962 bits per heavy atom. The van der Waals surface area contributed by atoms with Crippen molar-refractivity contribution in [3.8, 4) is 0 Å². The summed E-state index contributed by atoms with van der Waals surface area (Å²) in [6.45, 7) is 0. The fourth-order valence-corrected chi connectivity index (χ4v) is 3.23. The van der Waals surface area contributed by atoms with Crippen molar-refractivity contribution in [1.29, 1.82) is 0 Å². The van der Waals surface area contributed by atoms with E-state index in [1.165, 1.54) is 0 Å². The van der Waals surface area contributed by atoms with Crippen molar-refractivity contribution < 1.29 is 4.79 Å². The highest BCUT2D eigenvalue weighted by atomic mass is 79.9. The Labute approximate surface area is 160 Å². The SMILES string of the molecule is O=C(c1ccncc1)N1NC(c2ccc(Br)cc2)=CC1c1ccccc1. The second-order valence-corrected chi connectivity index (χ2v) is 6.88. The minimum atomic E-state index is -0.185. The first-order valence-corrected chi connectivity index (χ1v) is 9.04. The molecule has 1 N–H and O–H groups in total. The Hall–Kier alpha value is -2.92. The van der Waals surface area contributed by atoms with Gasteiger partial charge in [-0.1, -0.05) is 58.4 Å². The second-order valence-electron chi connectivity index (χ2n) is 5.97. The molecule has 2 aromatic carbocycles. The molecule has 2 heterocycles. The Bertz CT molecular complexity index is 940. The number of nitrogens with zero attached hydrogens (tertiary/aromatic N) is 2. The first-order chi connectivity index (χ1) is 12.7. The number of rotatable bonds is 3. The number of aromatic nitrogens is 1. The third-order valence-corrected chi connectivity index (χ3v) is 4.81. The Morgan fingerprint density at radius 2 is 1.65 bits per heavy atom. The van der Waals surface area contributed by atoms with Crippen molar-refractivity contribution in [2.24, 2.45) is 0 Å². The number of pyridine rings is 1. The summed E-state index contributed by atoms with van der Waals surface area (Å²) in [5.41, 5.74) is 6.87. The molecular formula is C21H16BrN3O. The van der Waals surface area contributed by atoms with E-state index < -0.39 is 0 Å². The molecule has 1 unspecified atom stereocenters. The van der Waals surface area contributed by atoms with Gasteiger partial charge in [-0.25, -0.2) is 5.01 Å². The van der Waals surface area contributed by atoms with Crippen LogP contribution in [0.4, 0.5) is 0 Å². The minimum Gasteiger partial charge on any atom is -0.295 e. The topological polar surface area (TPSA) is 45.2 Å². The molecule has 0 aliphatic carbocycles. The maximum Gasteiger partial charge on any atom is 0.273 e. The third kappa shape index (κ3) is 3.26. The fourth-order valence-electron chi connectivity index (χ4n) is 2.97. The zero-order valence-corrected chi connectivity index (χ0v) is 15.4. The van der Waals surface area contributed by atoms with Gasteiger partial charge in [-0.05, 0) is 41.5 Å². The van der Waals surface area contributed by atoms with Crippen LogP contribution in [0.25, 0.3) is 5.70 Å². The Kier molecular flexibility index (Phi) is 4.54. The summed E-state index contributed by atoms with van der Waals surface area (Å²) in [6, 6.07) is 21.3. The van der Waals surface area contributed by atoms with Crippen LogP contribution >= 0.6 is 15.9 Å². The smallest absolute Gasteiger partial charge is 0.273 e. The lowest BCUT2D eigenvalue weighted by Gasteiger charge is -2.25. The first-order valence-electron chi connectivity index (χ1n) is 8.25. The molecule has 4 nitrogen and oxygen atoms in total. The van der Waals surface area contributed by atoms with Gasteiger partial charge >= 0.3 is 0 Å². The van der Waals surface area contributed by atoms with E-state index in [1.807, 2.05) is 54.6 Å². The van der Waals surface area contributed by atoms with Crippen LogP contribution < -0.4 is 5.43 Å². The van der Waals surface area contributed by atoms with E-state index in [4.69, 9.17) is 0 Å². The van der Waals surface area contributed by atoms with Gasteiger partial charge in [-0.15, -0.1) is 0 Å². The summed E-state index contributed by atoms with van der Waals surface area (Å²) in [5.74, 6) is -0.0929. The molecule has 1 aliphatic heterocycles. The summed E-state index contributed by atoms with van der Waals surface area (Å²) in [6.07, 6.45) is 5.34. The maximum absolute atomic E-state index is 13.1. The second kappa shape index (κ2) is 7.14. The number of halogens is 1. The predicted octanol–water partition coefficient (Wildman–Crippen LogP) is 4.59. The number of hydrazine groups is 1. The summed E-state index contributed by atoms with van der Waals surface area (Å²) in [7, 11) is 0. The van der Waals surface area contributed by atoms with Gasteiger partial charge < -0.3 is 0 Å². The highest BCUT2D eigenvalue weighted by Gasteiger charge is 2.31. The molecule has 128 valence electrons. The van der Waals surface area contributed by atoms with E-state index in [0.717, 1.165) is 21.3 Å². The molecule has 0 saturated heterocycles. The molecule has 26 heavy (non-hydrogen) atoms. The molecule has 4 rings (SSSR count). The summed E-state index contributed by atoms with van der Waals surface area (Å²) in [5, 5.41) is 1.67. The third-order valence-electron chi connectivity index (χ3n) is 4.29. The van der Waals surface area contributed by atoms with Crippen LogP contribution in [0.15, 0.2) is 89.7 Å². The molecule has 1 amide bonds. The van der Waals surface area contributed by atoms with E-state index in [1.54, 1.807) is 29.5 Å². The predicted molar refractivity (Wildman–Crippen MR) is 105 cm³/mol. The molecule has 0 spiro atoms. The number of nitrogens with one attached hydrogen (secondary N) is 1. The van der Waals surface area contributed by atoms with E-state index >= 15 is 0 Å². The standard InChI is InChI=1S/C21H16BrN3O/c22-18-8-6-15(7-9-18)19-14-20(16-4-2-1-3-5-16)25(24-19)21(26)17-10-12-23-13-11-17/h1-14,20,24H. The summed E-state index contributed by atoms with van der Waals surface area (Å²) >= 11 is 3.46. The monoisotopic (exact) mass is 405 g/mol. The van der Waals surface area contributed by atoms with Crippen LogP contribution in [-0.2, 0) is 0 Å². The zero-order chi connectivity index (χ0) is 17.9. The number of amides is 1. The van der Waals surface area contributed by atoms with E-state index in [2.05, 4.69) is 32.4 Å². The van der Waals surface area contributed by atoms with E-state index in [0.29, 0.717) is 5.56 Å². The van der Waals surface area contributed by atoms with Gasteiger partial charge in [-0.3, -0.25) is 15.2 Å². The molecule has 5 heteroatoms. The van der Waals surface area contributed by atoms with Crippen LogP contribution in [0.2, 0.25) is 0 Å². The number of hydrogen-bond acceptors (Lipinski definition) is 3. The molecule has 0 bridgehead atoms. The lowest BCUT2D eigenvalue weighted by molar-refractivity contribution is 0.0672. The van der Waals surface area contributed by atoms with Crippen molar-refractivity contribution in [2.45, 2.75) is 6.04 Å². The largest absolute Gasteiger partial charge is 0.295 e. The van der Waals surface area contributed by atoms with E-state index in [-0.39, 0.29) is 11.9 Å². The van der Waals surface area contributed by atoms with Gasteiger partial charge in [0, 0.05) is 22.4 Å². The summed E-state index contributed by atoms with van der Waals surface area (Å²) < 4.78 is 1.02. The van der Waals surface area contributed by atoms with Crippen LogP contribution in [0.5, 0.6) is 0 Å². The van der Waals surface area contributed by atoms with Gasteiger partial charge in [0.15, 0.2) is 0 Å². The van der Waals surface area contributed by atoms with Gasteiger partial charge in [0.1, 0.15) is 0 Å². The number of benzene rings is 2. The number of hydrogen-bond donors (Lipinski definition) is 1. The normalized spacial score (nSPS) is 16.1. The van der Waals surface area contributed by atoms with Crippen molar-refractivity contribution in [1.82, 2.24) is 15.4 Å². The van der Waals surface area contributed by atoms with Crippen molar-refractivity contribution >= 4 is 27.5 Å². The molecule has 0 radical (unpaired) electrons. The first kappa shape index (κ1) is 16.5. The Morgan fingerprint density at radius 3 is 2.35 bits per heavy atom. The highest BCUT2D eigenvalue weighted by Crippen LogP contribution is 2.32. The quantitative estimate of drug-likeness (QED) is 0.692. The molecular weight excluding hydrogens is 390 g/mol. The molecule has 0 saturated carbocycles. The van der Waals surface area contributed by atoms with Crippen LogP contribution in [0.1, 0.15) is 27.5 Å². The molecule has 1 aromatic heterocycles. The van der Waals surface area contributed by atoms with Gasteiger partial charge in [0.2, 0.25) is 0 Å². The molecule has 3 aromatic rings. The molecule has 1 aliphatic rings.